The number of carboxylic acids is 1. The molecule has 0 fully saturated rings. The molecular formula is C51H88NO7+. The number of hydrogen-bond donors (Lipinski definition) is 1. The maximum atomic E-state index is 12.7. The van der Waals surface area contributed by atoms with Gasteiger partial charge in [0.05, 0.1) is 34.4 Å². The number of carbonyl (C=O) groups is 3. The molecule has 0 aromatic carbocycles. The number of nitrogens with zero attached hydrogens (tertiary/aromatic N) is 1. The number of ether oxygens (including phenoxy) is 3. The van der Waals surface area contributed by atoms with Gasteiger partial charge in [-0.1, -0.05) is 170 Å². The highest BCUT2D eigenvalue weighted by Gasteiger charge is 2.31. The monoisotopic (exact) mass is 827 g/mol. The van der Waals surface area contributed by atoms with Crippen molar-refractivity contribution in [2.45, 2.75) is 193 Å². The Balaban J connectivity index is 4.38. The molecule has 338 valence electrons. The van der Waals surface area contributed by atoms with Gasteiger partial charge in [-0.15, -0.1) is 0 Å². The lowest BCUT2D eigenvalue weighted by Crippen LogP contribution is -2.50. The average molecular weight is 827 g/mol. The zero-order chi connectivity index (χ0) is 43.5. The number of likely N-dealkylation sites (N-methyl/N-ethyl adjacent to an activating group) is 1. The fourth-order valence-corrected chi connectivity index (χ4v) is 6.51. The third-order valence-electron chi connectivity index (χ3n) is 10.1. The van der Waals surface area contributed by atoms with Crippen molar-refractivity contribution in [2.24, 2.45) is 0 Å². The lowest BCUT2D eigenvalue weighted by molar-refractivity contribution is -0.887. The topological polar surface area (TPSA) is 99.1 Å². The van der Waals surface area contributed by atoms with E-state index in [9.17, 15) is 19.5 Å². The molecular weight excluding hydrogens is 739 g/mol. The lowest BCUT2D eigenvalue weighted by Gasteiger charge is -2.31. The zero-order valence-corrected chi connectivity index (χ0v) is 38.4. The first-order chi connectivity index (χ1) is 28.6. The highest BCUT2D eigenvalue weighted by atomic mass is 16.6. The summed E-state index contributed by atoms with van der Waals surface area (Å²) in [5.41, 5.74) is 0. The van der Waals surface area contributed by atoms with Crippen molar-refractivity contribution in [2.75, 3.05) is 41.0 Å². The van der Waals surface area contributed by atoms with Gasteiger partial charge >= 0.3 is 17.9 Å². The lowest BCUT2D eigenvalue weighted by atomic mass is 10.0. The molecule has 0 radical (unpaired) electrons. The van der Waals surface area contributed by atoms with Crippen molar-refractivity contribution in [3.63, 3.8) is 0 Å². The van der Waals surface area contributed by atoms with Crippen LogP contribution >= 0.6 is 0 Å². The molecule has 0 saturated carbocycles. The highest BCUT2D eigenvalue weighted by molar-refractivity contribution is 5.72. The number of rotatable bonds is 41. The number of aliphatic carboxylic acids is 1. The Morgan fingerprint density at radius 2 is 0.949 bits per heavy atom. The maximum Gasteiger partial charge on any atom is 0.362 e. The molecule has 0 rings (SSSR count). The Morgan fingerprint density at radius 3 is 1.41 bits per heavy atom. The summed E-state index contributed by atoms with van der Waals surface area (Å²) in [6.45, 7) is 4.58. The fourth-order valence-electron chi connectivity index (χ4n) is 6.51. The Bertz CT molecular complexity index is 1190. The normalized spacial score (nSPS) is 13.6. The van der Waals surface area contributed by atoms with E-state index in [4.69, 9.17) is 14.2 Å². The van der Waals surface area contributed by atoms with Gasteiger partial charge in [0.1, 0.15) is 6.61 Å². The van der Waals surface area contributed by atoms with E-state index in [1.54, 1.807) is 0 Å². The standard InChI is InChI=1S/C51H87NO7/c1-6-8-10-12-14-16-18-20-21-22-23-24-25-26-27-28-30-32-34-36-38-40-42-50(54)59-47(45-57-44-43-48(51(55)56)52(3,4)5)46-58-49(53)41-39-37-35-33-31-29-19-17-15-13-11-9-7-2/h8,10,14,16,20-21,23-24,26-27,30,32,47-48H,6-7,9,11-13,15,17-19,22,25,28-29,31,33-46H2,1-5H3/p+1/b10-8+,16-14+,21-20+,24-23+,27-26+,32-30+. The van der Waals surface area contributed by atoms with Crippen molar-refractivity contribution in [1.82, 2.24) is 0 Å². The molecule has 0 spiro atoms. The van der Waals surface area contributed by atoms with E-state index in [0.29, 0.717) is 12.8 Å². The van der Waals surface area contributed by atoms with Crippen LogP contribution in [0, 0.1) is 0 Å². The average Bonchev–Trinajstić information content (AvgIpc) is 3.19. The molecule has 0 heterocycles. The van der Waals surface area contributed by atoms with E-state index < -0.39 is 18.1 Å². The number of unbranched alkanes of at least 4 members (excludes halogenated alkanes) is 15. The van der Waals surface area contributed by atoms with E-state index in [1.807, 2.05) is 21.1 Å². The van der Waals surface area contributed by atoms with E-state index in [0.717, 1.165) is 83.5 Å². The first-order valence-corrected chi connectivity index (χ1v) is 23.5. The van der Waals surface area contributed by atoms with Gasteiger partial charge in [0.15, 0.2) is 12.1 Å². The molecule has 2 atom stereocenters. The molecule has 0 aliphatic heterocycles. The predicted molar refractivity (Wildman–Crippen MR) is 247 cm³/mol. The van der Waals surface area contributed by atoms with Gasteiger partial charge in [-0.3, -0.25) is 9.59 Å². The molecule has 0 aliphatic carbocycles. The van der Waals surface area contributed by atoms with Crippen LogP contribution in [0.1, 0.15) is 181 Å². The number of quaternary nitrogens is 1. The Hall–Kier alpha value is -3.23. The molecule has 0 amide bonds. The minimum Gasteiger partial charge on any atom is -0.477 e. The van der Waals surface area contributed by atoms with Crippen molar-refractivity contribution < 1.29 is 38.2 Å². The first kappa shape index (κ1) is 55.8. The quantitative estimate of drug-likeness (QED) is 0.0284. The van der Waals surface area contributed by atoms with Gasteiger partial charge in [0.2, 0.25) is 0 Å². The summed E-state index contributed by atoms with van der Waals surface area (Å²) in [6, 6.07) is -0.623. The van der Waals surface area contributed by atoms with Crippen LogP contribution in [0.3, 0.4) is 0 Å². The van der Waals surface area contributed by atoms with E-state index in [-0.39, 0.29) is 42.7 Å². The Kier molecular flexibility index (Phi) is 39.2. The van der Waals surface area contributed by atoms with Crippen molar-refractivity contribution in [3.8, 4) is 0 Å². The summed E-state index contributed by atoms with van der Waals surface area (Å²) in [4.78, 5) is 37.0. The molecule has 8 nitrogen and oxygen atoms in total. The van der Waals surface area contributed by atoms with Crippen LogP contribution in [-0.4, -0.2) is 80.6 Å². The van der Waals surface area contributed by atoms with Gasteiger partial charge in [-0.05, 0) is 64.2 Å². The van der Waals surface area contributed by atoms with Crippen LogP contribution in [0.5, 0.6) is 0 Å². The molecule has 59 heavy (non-hydrogen) atoms. The summed E-state index contributed by atoms with van der Waals surface area (Å²) >= 11 is 0. The smallest absolute Gasteiger partial charge is 0.362 e. The molecule has 0 aliphatic rings. The summed E-state index contributed by atoms with van der Waals surface area (Å²) in [6.07, 6.45) is 52.3. The van der Waals surface area contributed by atoms with Gasteiger partial charge in [-0.2, -0.15) is 0 Å². The third kappa shape index (κ3) is 40.0. The van der Waals surface area contributed by atoms with Crippen LogP contribution in [0.4, 0.5) is 0 Å². The highest BCUT2D eigenvalue weighted by Crippen LogP contribution is 2.14. The summed E-state index contributed by atoms with van der Waals surface area (Å²) in [7, 11) is 5.51. The second-order valence-corrected chi connectivity index (χ2v) is 16.6. The van der Waals surface area contributed by atoms with Crippen molar-refractivity contribution in [3.05, 3.63) is 72.9 Å². The molecule has 0 saturated heterocycles. The number of carbonyl (C=O) groups excluding carboxylic acids is 2. The number of allylic oxidation sites excluding steroid dienone is 12. The van der Waals surface area contributed by atoms with Gasteiger partial charge in [0, 0.05) is 19.3 Å². The number of carboxylic acid groups (broad SMARTS) is 1. The van der Waals surface area contributed by atoms with Crippen LogP contribution in [-0.2, 0) is 28.6 Å². The molecule has 0 aromatic heterocycles. The molecule has 0 bridgehead atoms. The number of esters is 2. The van der Waals surface area contributed by atoms with Crippen LogP contribution in [0.25, 0.3) is 0 Å². The summed E-state index contributed by atoms with van der Waals surface area (Å²) in [5.74, 6) is -1.51. The van der Waals surface area contributed by atoms with Crippen LogP contribution < -0.4 is 0 Å². The van der Waals surface area contributed by atoms with E-state index in [1.165, 1.54) is 64.2 Å². The summed E-state index contributed by atoms with van der Waals surface area (Å²) < 4.78 is 17.3. The Morgan fingerprint density at radius 1 is 0.525 bits per heavy atom. The minimum absolute atomic E-state index is 0.0456. The Labute approximate surface area is 361 Å². The predicted octanol–water partition coefficient (Wildman–Crippen LogP) is 13.1. The second kappa shape index (κ2) is 41.5. The van der Waals surface area contributed by atoms with E-state index in [2.05, 4.69) is 86.8 Å². The molecule has 2 unspecified atom stereocenters. The second-order valence-electron chi connectivity index (χ2n) is 16.6. The third-order valence-corrected chi connectivity index (χ3v) is 10.1. The molecule has 8 heteroatoms. The van der Waals surface area contributed by atoms with Crippen molar-refractivity contribution >= 4 is 17.9 Å². The minimum atomic E-state index is -0.882. The van der Waals surface area contributed by atoms with Gasteiger partial charge < -0.3 is 23.8 Å². The van der Waals surface area contributed by atoms with Crippen LogP contribution in [0.2, 0.25) is 0 Å². The van der Waals surface area contributed by atoms with E-state index >= 15 is 0 Å². The maximum absolute atomic E-state index is 12.7. The molecule has 1 N–H and O–H groups in total. The van der Waals surface area contributed by atoms with Crippen LogP contribution in [0.15, 0.2) is 72.9 Å². The summed E-state index contributed by atoms with van der Waals surface area (Å²) in [5, 5.41) is 9.63. The number of hydrogen-bond acceptors (Lipinski definition) is 6. The largest absolute Gasteiger partial charge is 0.477 e. The SMILES string of the molecule is CC/C=C/C/C=C/C/C=C/C/C=C/C/C=C/C/C=C/CCCCCC(=O)OC(COCCC(C(=O)O)[N+](C)(C)C)COC(=O)CCCCCCCCCCCCCCC. The van der Waals surface area contributed by atoms with Gasteiger partial charge in [-0.25, -0.2) is 4.79 Å². The fraction of sp³-hybridized carbons (Fsp3) is 0.706. The molecule has 0 aromatic rings. The van der Waals surface area contributed by atoms with Gasteiger partial charge in [0.25, 0.3) is 0 Å². The first-order valence-electron chi connectivity index (χ1n) is 23.5. The van der Waals surface area contributed by atoms with Crippen molar-refractivity contribution in [1.29, 1.82) is 0 Å². The zero-order valence-electron chi connectivity index (χ0n) is 38.4.